The number of carbonyl (C=O) groups is 1. The van der Waals surface area contributed by atoms with Gasteiger partial charge in [0, 0.05) is 66.6 Å². The minimum Gasteiger partial charge on any atom is -0.368 e. The van der Waals surface area contributed by atoms with Gasteiger partial charge in [-0.1, -0.05) is 29.3 Å². The predicted molar refractivity (Wildman–Crippen MR) is 137 cm³/mol. The highest BCUT2D eigenvalue weighted by molar-refractivity contribution is 6.31. The van der Waals surface area contributed by atoms with Crippen molar-refractivity contribution in [3.05, 3.63) is 63.8 Å². The fourth-order valence-corrected chi connectivity index (χ4v) is 5.35. The number of pyridine rings is 1. The molecule has 2 fully saturated rings. The number of amides is 1. The third-order valence-electron chi connectivity index (χ3n) is 6.78. The van der Waals surface area contributed by atoms with Crippen molar-refractivity contribution in [2.45, 2.75) is 26.2 Å². The summed E-state index contributed by atoms with van der Waals surface area (Å²) in [6.45, 7) is 7.05. The Morgan fingerprint density at radius 1 is 0.848 bits per heavy atom. The van der Waals surface area contributed by atoms with Crippen LogP contribution in [0.25, 0.3) is 10.9 Å². The molecular weight excluding hydrogens is 455 g/mol. The SMILES string of the molecule is Cc1ccc(Cl)cc1N1CCN(c2c(C(=O)N3CCCCC3)cnc3ccc(Cl)cc23)CC1. The normalized spacial score (nSPS) is 17.0. The van der Waals surface area contributed by atoms with Crippen LogP contribution in [0.2, 0.25) is 10.0 Å². The number of carbonyl (C=O) groups excluding carboxylic acids is 1. The van der Waals surface area contributed by atoms with Gasteiger partial charge < -0.3 is 14.7 Å². The first-order valence-corrected chi connectivity index (χ1v) is 12.4. The zero-order chi connectivity index (χ0) is 22.9. The maximum atomic E-state index is 13.6. The monoisotopic (exact) mass is 482 g/mol. The lowest BCUT2D eigenvalue weighted by molar-refractivity contribution is 0.0724. The minimum atomic E-state index is 0.0761. The van der Waals surface area contributed by atoms with Crippen molar-refractivity contribution in [1.82, 2.24) is 9.88 Å². The largest absolute Gasteiger partial charge is 0.368 e. The number of fused-ring (bicyclic) bond motifs is 1. The van der Waals surface area contributed by atoms with Gasteiger partial charge in [0.1, 0.15) is 0 Å². The molecule has 1 amide bonds. The first-order chi connectivity index (χ1) is 16.0. The zero-order valence-corrected chi connectivity index (χ0v) is 20.4. The molecule has 33 heavy (non-hydrogen) atoms. The maximum Gasteiger partial charge on any atom is 0.257 e. The van der Waals surface area contributed by atoms with Gasteiger partial charge in [-0.15, -0.1) is 0 Å². The van der Waals surface area contributed by atoms with Gasteiger partial charge in [0.15, 0.2) is 0 Å². The van der Waals surface area contributed by atoms with E-state index in [9.17, 15) is 4.79 Å². The Balaban J connectivity index is 1.49. The first-order valence-electron chi connectivity index (χ1n) is 11.6. The number of aromatic nitrogens is 1. The van der Waals surface area contributed by atoms with Crippen LogP contribution in [0.5, 0.6) is 0 Å². The van der Waals surface area contributed by atoms with Gasteiger partial charge in [-0.05, 0) is 62.1 Å². The van der Waals surface area contributed by atoms with E-state index in [1.165, 1.54) is 17.7 Å². The molecule has 5 nitrogen and oxygen atoms in total. The Labute approximate surface area is 204 Å². The van der Waals surface area contributed by atoms with Gasteiger partial charge in [0.2, 0.25) is 0 Å². The van der Waals surface area contributed by atoms with Gasteiger partial charge in [0.25, 0.3) is 5.91 Å². The Morgan fingerprint density at radius 2 is 1.52 bits per heavy atom. The van der Waals surface area contributed by atoms with Crippen LogP contribution in [0.3, 0.4) is 0 Å². The highest BCUT2D eigenvalue weighted by Gasteiger charge is 2.28. The van der Waals surface area contributed by atoms with E-state index in [0.717, 1.165) is 73.7 Å². The van der Waals surface area contributed by atoms with E-state index in [1.54, 1.807) is 6.20 Å². The van der Waals surface area contributed by atoms with Crippen LogP contribution in [0, 0.1) is 6.92 Å². The smallest absolute Gasteiger partial charge is 0.257 e. The molecule has 5 rings (SSSR count). The lowest BCUT2D eigenvalue weighted by Crippen LogP contribution is -2.47. The standard InChI is InChI=1S/C26H28Cl2N4O/c1-18-5-6-20(28)16-24(18)30-11-13-31(14-12-30)25-21-15-19(27)7-8-23(21)29-17-22(25)26(33)32-9-3-2-4-10-32/h5-8,15-17H,2-4,9-14H2,1H3. The topological polar surface area (TPSA) is 39.7 Å². The van der Waals surface area contributed by atoms with Crippen LogP contribution in [0.4, 0.5) is 11.4 Å². The lowest BCUT2D eigenvalue weighted by Gasteiger charge is -2.39. The molecule has 2 aliphatic rings. The molecule has 0 bridgehead atoms. The summed E-state index contributed by atoms with van der Waals surface area (Å²) in [6.07, 6.45) is 5.07. The average Bonchev–Trinajstić information content (AvgIpc) is 2.85. The van der Waals surface area contributed by atoms with Crippen LogP contribution < -0.4 is 9.80 Å². The van der Waals surface area contributed by atoms with Crippen molar-refractivity contribution in [2.75, 3.05) is 49.1 Å². The number of benzene rings is 2. The fourth-order valence-electron chi connectivity index (χ4n) is 5.01. The number of hydrogen-bond donors (Lipinski definition) is 0. The van der Waals surface area contributed by atoms with Crippen LogP contribution >= 0.6 is 23.2 Å². The third-order valence-corrected chi connectivity index (χ3v) is 7.25. The maximum absolute atomic E-state index is 13.6. The summed E-state index contributed by atoms with van der Waals surface area (Å²) in [6, 6.07) is 11.8. The van der Waals surface area contributed by atoms with E-state index in [4.69, 9.17) is 23.2 Å². The highest BCUT2D eigenvalue weighted by Crippen LogP contribution is 2.34. The number of nitrogens with zero attached hydrogens (tertiary/aromatic N) is 4. The molecule has 7 heteroatoms. The van der Waals surface area contributed by atoms with Crippen molar-refractivity contribution in [3.63, 3.8) is 0 Å². The molecule has 3 heterocycles. The molecule has 0 spiro atoms. The van der Waals surface area contributed by atoms with Gasteiger partial charge in [-0.2, -0.15) is 0 Å². The Morgan fingerprint density at radius 3 is 2.27 bits per heavy atom. The predicted octanol–water partition coefficient (Wildman–Crippen LogP) is 5.80. The van der Waals surface area contributed by atoms with E-state index in [1.807, 2.05) is 35.2 Å². The number of anilines is 2. The third kappa shape index (κ3) is 4.49. The van der Waals surface area contributed by atoms with E-state index in [0.29, 0.717) is 10.6 Å². The molecular formula is C26H28Cl2N4O. The minimum absolute atomic E-state index is 0.0761. The van der Waals surface area contributed by atoms with E-state index < -0.39 is 0 Å². The van der Waals surface area contributed by atoms with Crippen LogP contribution in [0.1, 0.15) is 35.2 Å². The average molecular weight is 483 g/mol. The number of piperazine rings is 1. The fraction of sp³-hybridized carbons (Fsp3) is 0.385. The number of piperidine rings is 1. The van der Waals surface area contributed by atoms with E-state index >= 15 is 0 Å². The number of likely N-dealkylation sites (tertiary alicyclic amines) is 1. The number of hydrogen-bond acceptors (Lipinski definition) is 4. The molecule has 1 aromatic heterocycles. The van der Waals surface area contributed by atoms with Gasteiger partial charge in [0.05, 0.1) is 16.8 Å². The molecule has 0 saturated carbocycles. The van der Waals surface area contributed by atoms with Crippen LogP contribution in [-0.4, -0.2) is 55.1 Å². The summed E-state index contributed by atoms with van der Waals surface area (Å²) < 4.78 is 0. The van der Waals surface area contributed by atoms with E-state index in [-0.39, 0.29) is 5.91 Å². The van der Waals surface area contributed by atoms with Gasteiger partial charge in [-0.3, -0.25) is 9.78 Å². The zero-order valence-electron chi connectivity index (χ0n) is 18.9. The Bertz CT molecular complexity index is 1180. The molecule has 2 aliphatic heterocycles. The van der Waals surface area contributed by atoms with Crippen LogP contribution in [0.15, 0.2) is 42.6 Å². The van der Waals surface area contributed by atoms with Crippen molar-refractivity contribution in [1.29, 1.82) is 0 Å². The second-order valence-electron chi connectivity index (χ2n) is 8.94. The van der Waals surface area contributed by atoms with Crippen molar-refractivity contribution in [3.8, 4) is 0 Å². The molecule has 0 radical (unpaired) electrons. The Kier molecular flexibility index (Phi) is 6.35. The molecule has 3 aromatic rings. The second-order valence-corrected chi connectivity index (χ2v) is 9.81. The molecule has 2 saturated heterocycles. The number of rotatable bonds is 3. The first kappa shape index (κ1) is 22.3. The van der Waals surface area contributed by atoms with Crippen molar-refractivity contribution < 1.29 is 4.79 Å². The molecule has 0 N–H and O–H groups in total. The lowest BCUT2D eigenvalue weighted by atomic mass is 10.0. The molecule has 0 unspecified atom stereocenters. The second kappa shape index (κ2) is 9.40. The summed E-state index contributed by atoms with van der Waals surface area (Å²) in [5.74, 6) is 0.0761. The summed E-state index contributed by atoms with van der Waals surface area (Å²) in [5.41, 5.74) is 4.89. The van der Waals surface area contributed by atoms with Gasteiger partial charge >= 0.3 is 0 Å². The molecule has 172 valence electrons. The molecule has 0 aliphatic carbocycles. The van der Waals surface area contributed by atoms with Crippen molar-refractivity contribution >= 4 is 51.4 Å². The number of aryl methyl sites for hydroxylation is 1. The quantitative estimate of drug-likeness (QED) is 0.472. The summed E-state index contributed by atoms with van der Waals surface area (Å²) >= 11 is 12.7. The molecule has 0 atom stereocenters. The summed E-state index contributed by atoms with van der Waals surface area (Å²) in [5, 5.41) is 2.35. The van der Waals surface area contributed by atoms with Crippen LogP contribution in [-0.2, 0) is 0 Å². The van der Waals surface area contributed by atoms with E-state index in [2.05, 4.69) is 27.8 Å². The van der Waals surface area contributed by atoms with Crippen molar-refractivity contribution in [2.24, 2.45) is 0 Å². The highest BCUT2D eigenvalue weighted by atomic mass is 35.5. The summed E-state index contributed by atoms with van der Waals surface area (Å²) in [4.78, 5) is 24.9. The van der Waals surface area contributed by atoms with Gasteiger partial charge in [-0.25, -0.2) is 0 Å². The Hall–Kier alpha value is -2.50. The number of halogens is 2. The summed E-state index contributed by atoms with van der Waals surface area (Å²) in [7, 11) is 0. The molecule has 2 aromatic carbocycles.